The average Bonchev–Trinajstić information content (AvgIpc) is 3.18. The molecule has 0 aliphatic carbocycles. The predicted octanol–water partition coefficient (Wildman–Crippen LogP) is -3.25. The number of carboxylic acids is 1. The second-order valence-electron chi connectivity index (χ2n) is 8.59. The summed E-state index contributed by atoms with van der Waals surface area (Å²) in [6, 6.07) is 4.03. The van der Waals surface area contributed by atoms with E-state index < -0.39 is 46.4 Å². The molecule has 3 aliphatic heterocycles. The van der Waals surface area contributed by atoms with Crippen LogP contribution < -0.4 is 46.0 Å². The first-order valence-corrected chi connectivity index (χ1v) is 11.1. The number of nitrogens with one attached hydrogen (secondary N) is 2. The van der Waals surface area contributed by atoms with Gasteiger partial charge in [0.15, 0.2) is 0 Å². The number of β-lactam (4-membered cyclic amide) rings is 1. The Labute approximate surface area is 232 Å². The summed E-state index contributed by atoms with van der Waals surface area (Å²) in [6.45, 7) is 0.191. The monoisotopic (exact) mass is 524 g/mol. The second-order valence-corrected chi connectivity index (χ2v) is 9.11. The van der Waals surface area contributed by atoms with Crippen LogP contribution in [0.15, 0.2) is 45.1 Å². The molecule has 2 saturated heterocycles. The number of thiol groups is 1. The van der Waals surface area contributed by atoms with E-state index in [1.165, 1.54) is 45.8 Å². The third-order valence-electron chi connectivity index (χ3n) is 6.57. The van der Waals surface area contributed by atoms with Crippen molar-refractivity contribution in [1.29, 1.82) is 0 Å². The molecule has 4 N–H and O–H groups in total. The van der Waals surface area contributed by atoms with Gasteiger partial charge in [-0.25, -0.2) is 9.59 Å². The number of hydrogen-bond donors (Lipinski definition) is 5. The van der Waals surface area contributed by atoms with Gasteiger partial charge in [-0.2, -0.15) is 17.6 Å². The van der Waals surface area contributed by atoms with Gasteiger partial charge in [-0.3, -0.25) is 29.1 Å². The summed E-state index contributed by atoms with van der Waals surface area (Å²) in [5.41, 5.74) is -1.55. The number of aromatic hydroxyl groups is 1. The average molecular weight is 524 g/mol. The molecule has 2 aromatic rings. The Morgan fingerprint density at radius 1 is 1.25 bits per heavy atom. The Morgan fingerprint density at radius 2 is 1.92 bits per heavy atom. The topological polar surface area (TPSA) is 178 Å². The Bertz CT molecular complexity index is 1430. The molecular weight excluding hydrogens is 503 g/mol. The molecule has 15 heteroatoms. The Balaban J connectivity index is 0.00000190. The standard InChI is InChI=1S/C21H20N6O7S.Na.H/c1-25-16(23-17(29)18(30)24-25)15(35)11-6-8-7-26(21(34)22-9-2-4-10(28)5-3-9)14-12(8)27(19(14)31)13(11)20(32)33;;/h2-5,8,12,14-15,28,35H,6-7H2,1H3,(H,22,34)(H,24,30)(H,32,33);;/q;+1;-1/t8-,12-,14+,15?;;/m1../s1. The zero-order valence-corrected chi connectivity index (χ0v) is 22.1. The molecule has 2 fully saturated rings. The molecule has 4 atom stereocenters. The van der Waals surface area contributed by atoms with Crippen molar-refractivity contribution in [2.45, 2.75) is 23.8 Å². The van der Waals surface area contributed by atoms with E-state index in [0.717, 1.165) is 0 Å². The molecule has 5 rings (SSSR count). The molecular formula is C21H21N6NaO7S. The van der Waals surface area contributed by atoms with Crippen molar-refractivity contribution in [3.8, 4) is 5.75 Å². The van der Waals surface area contributed by atoms with Crippen LogP contribution in [0.25, 0.3) is 0 Å². The molecule has 36 heavy (non-hydrogen) atoms. The number of aromatic nitrogens is 3. The molecule has 0 radical (unpaired) electrons. The second kappa shape index (κ2) is 9.42. The van der Waals surface area contributed by atoms with Gasteiger partial charge in [-0.05, 0) is 36.3 Å². The number of nitrogens with zero attached hydrogens (tertiary/aromatic N) is 4. The number of carboxylic acid groups (broad SMARTS) is 1. The number of likely N-dealkylation sites (tertiary alicyclic amines) is 1. The van der Waals surface area contributed by atoms with Crippen LogP contribution >= 0.6 is 12.6 Å². The fraction of sp³-hybridized carbons (Fsp3) is 0.333. The van der Waals surface area contributed by atoms with Crippen LogP contribution in [-0.2, 0) is 16.6 Å². The normalized spacial score (nSPS) is 22.9. The molecule has 0 bridgehead atoms. The summed E-state index contributed by atoms with van der Waals surface area (Å²) in [7, 11) is 1.44. The van der Waals surface area contributed by atoms with Gasteiger partial charge < -0.3 is 21.9 Å². The van der Waals surface area contributed by atoms with E-state index in [2.05, 4.69) is 28.0 Å². The first kappa shape index (κ1) is 26.0. The minimum atomic E-state index is -1.34. The zero-order chi connectivity index (χ0) is 25.2. The first-order valence-electron chi connectivity index (χ1n) is 10.6. The number of anilines is 1. The van der Waals surface area contributed by atoms with Crippen molar-refractivity contribution in [2.24, 2.45) is 13.0 Å². The zero-order valence-electron chi connectivity index (χ0n) is 20.2. The molecule has 0 spiro atoms. The van der Waals surface area contributed by atoms with Crippen LogP contribution in [0.3, 0.4) is 0 Å². The number of rotatable bonds is 4. The van der Waals surface area contributed by atoms with E-state index in [1.54, 1.807) is 0 Å². The summed E-state index contributed by atoms with van der Waals surface area (Å²) in [6.07, 6.45) is 0.193. The number of phenols is 1. The Kier molecular flexibility index (Phi) is 6.81. The van der Waals surface area contributed by atoms with Gasteiger partial charge in [0.05, 0.1) is 11.3 Å². The van der Waals surface area contributed by atoms with E-state index in [-0.39, 0.29) is 72.7 Å². The van der Waals surface area contributed by atoms with Gasteiger partial charge in [0.1, 0.15) is 23.3 Å². The predicted molar refractivity (Wildman–Crippen MR) is 124 cm³/mol. The van der Waals surface area contributed by atoms with Crippen molar-refractivity contribution in [3.63, 3.8) is 0 Å². The van der Waals surface area contributed by atoms with Crippen LogP contribution in [0.1, 0.15) is 18.9 Å². The first-order chi connectivity index (χ1) is 16.6. The number of aliphatic carboxylic acids is 1. The summed E-state index contributed by atoms with van der Waals surface area (Å²) >= 11 is 4.51. The van der Waals surface area contributed by atoms with E-state index in [0.29, 0.717) is 5.69 Å². The van der Waals surface area contributed by atoms with E-state index in [1.807, 2.05) is 0 Å². The maximum Gasteiger partial charge on any atom is 1.00 e. The van der Waals surface area contributed by atoms with Crippen LogP contribution in [0.2, 0.25) is 0 Å². The van der Waals surface area contributed by atoms with Crippen molar-refractivity contribution in [1.82, 2.24) is 24.6 Å². The van der Waals surface area contributed by atoms with Crippen molar-refractivity contribution in [2.75, 3.05) is 11.9 Å². The molecule has 184 valence electrons. The van der Waals surface area contributed by atoms with Gasteiger partial charge in [0.25, 0.3) is 5.91 Å². The van der Waals surface area contributed by atoms with Crippen molar-refractivity contribution >= 4 is 36.2 Å². The minimum absolute atomic E-state index is 0. The number of H-pyrrole nitrogens is 1. The van der Waals surface area contributed by atoms with Crippen molar-refractivity contribution in [3.05, 3.63) is 62.1 Å². The summed E-state index contributed by atoms with van der Waals surface area (Å²) in [4.78, 5) is 67.9. The largest absolute Gasteiger partial charge is 1.00 e. The Morgan fingerprint density at radius 3 is 2.56 bits per heavy atom. The summed E-state index contributed by atoms with van der Waals surface area (Å²) in [5, 5.41) is 23.4. The van der Waals surface area contributed by atoms with Gasteiger partial charge in [0.2, 0.25) is 0 Å². The van der Waals surface area contributed by atoms with Gasteiger partial charge >= 0.3 is 52.7 Å². The number of benzene rings is 1. The van der Waals surface area contributed by atoms with Gasteiger partial charge in [-0.1, -0.05) is 0 Å². The number of urea groups is 1. The molecule has 1 unspecified atom stereocenters. The summed E-state index contributed by atoms with van der Waals surface area (Å²) in [5.74, 6) is -2.08. The molecule has 3 aliphatic rings. The molecule has 1 aromatic carbocycles. The van der Waals surface area contributed by atoms with Gasteiger partial charge in [-0.15, -0.1) is 0 Å². The smallest absolute Gasteiger partial charge is 1.00 e. The number of aromatic amines is 1. The molecule has 1 aromatic heterocycles. The van der Waals surface area contributed by atoms with Crippen LogP contribution in [0.4, 0.5) is 10.5 Å². The molecule has 0 saturated carbocycles. The fourth-order valence-corrected chi connectivity index (χ4v) is 5.51. The van der Waals surface area contributed by atoms with Crippen molar-refractivity contribution < 1.29 is 55.6 Å². The third-order valence-corrected chi connectivity index (χ3v) is 7.11. The summed E-state index contributed by atoms with van der Waals surface area (Å²) < 4.78 is 1.19. The quantitative estimate of drug-likeness (QED) is 0.0910. The number of amides is 3. The van der Waals surface area contributed by atoms with Crippen LogP contribution in [0, 0.1) is 5.92 Å². The van der Waals surface area contributed by atoms with E-state index in [4.69, 9.17) is 0 Å². The molecule has 3 amide bonds. The van der Waals surface area contributed by atoms with Gasteiger partial charge in [0, 0.05) is 25.2 Å². The molecule has 4 heterocycles. The minimum Gasteiger partial charge on any atom is -1.00 e. The maximum atomic E-state index is 13.1. The number of phenolic OH excluding ortho intramolecular Hbond substituents is 1. The van der Waals surface area contributed by atoms with Crippen LogP contribution in [0.5, 0.6) is 5.75 Å². The third kappa shape index (κ3) is 4.03. The fourth-order valence-electron chi connectivity index (χ4n) is 5.05. The number of hydrogen-bond acceptors (Lipinski definition) is 8. The van der Waals surface area contributed by atoms with Crippen LogP contribution in [-0.4, -0.2) is 71.3 Å². The SMILES string of the molecule is Cn1[nH]c(=O)c(=O)nc1C(S)C1=C(C(=O)O)N2C(=O)[C@@H]3[C@H]2[C@H](C1)CN3C(=O)Nc1ccc(O)cc1.[H-].[Na+]. The number of aryl methyl sites for hydroxylation is 1. The number of carbonyl (C=O) groups excluding carboxylic acids is 2. The maximum absolute atomic E-state index is 13.1. The molecule has 13 nitrogen and oxygen atoms in total. The van der Waals surface area contributed by atoms with E-state index >= 15 is 0 Å². The Hall–Kier alpha value is -3.07. The van der Waals surface area contributed by atoms with E-state index in [9.17, 15) is 34.2 Å². The number of carbonyl (C=O) groups is 3.